The molecule has 2 saturated carbocycles. The zero-order valence-corrected chi connectivity index (χ0v) is 11.8. The maximum absolute atomic E-state index is 11.4. The van der Waals surface area contributed by atoms with E-state index in [2.05, 4.69) is 17.9 Å². The van der Waals surface area contributed by atoms with E-state index in [0.29, 0.717) is 18.5 Å². The number of primary amides is 1. The van der Waals surface area contributed by atoms with Crippen molar-refractivity contribution in [1.82, 2.24) is 4.90 Å². The third-order valence-corrected chi connectivity index (χ3v) is 4.80. The predicted octanol–water partition coefficient (Wildman–Crippen LogP) is 2.04. The first-order valence-electron chi connectivity index (χ1n) is 7.55. The quantitative estimate of drug-likeness (QED) is 0.843. The molecule has 2 N–H and O–H groups in total. The second-order valence-electron chi connectivity index (χ2n) is 6.30. The van der Waals surface area contributed by atoms with Gasteiger partial charge >= 0.3 is 0 Å². The van der Waals surface area contributed by atoms with E-state index in [1.54, 1.807) is 0 Å². The summed E-state index contributed by atoms with van der Waals surface area (Å²) in [5, 5.41) is 9.38. The van der Waals surface area contributed by atoms with Gasteiger partial charge in [0, 0.05) is 12.1 Å². The van der Waals surface area contributed by atoms with Gasteiger partial charge in [0.15, 0.2) is 0 Å². The number of rotatable bonds is 4. The van der Waals surface area contributed by atoms with Gasteiger partial charge in [0.2, 0.25) is 5.91 Å². The van der Waals surface area contributed by atoms with Crippen molar-refractivity contribution in [2.75, 3.05) is 6.54 Å². The van der Waals surface area contributed by atoms with Crippen molar-refractivity contribution >= 4 is 5.91 Å². The molecule has 2 fully saturated rings. The van der Waals surface area contributed by atoms with Crippen LogP contribution in [0, 0.1) is 23.2 Å². The number of nitrogens with two attached hydrogens (primary N) is 1. The lowest BCUT2D eigenvalue weighted by atomic mass is 9.78. The van der Waals surface area contributed by atoms with Crippen molar-refractivity contribution < 1.29 is 4.79 Å². The third-order valence-electron chi connectivity index (χ3n) is 4.80. The molecule has 4 nitrogen and oxygen atoms in total. The molecule has 4 heteroatoms. The molecule has 0 aromatic rings. The van der Waals surface area contributed by atoms with Gasteiger partial charge in [-0.3, -0.25) is 9.69 Å². The molecule has 0 bridgehead atoms. The number of nitrogens with zero attached hydrogens (tertiary/aromatic N) is 2. The fourth-order valence-electron chi connectivity index (χ4n) is 3.80. The van der Waals surface area contributed by atoms with Gasteiger partial charge in [-0.25, -0.2) is 0 Å². The number of carbonyl (C=O) groups excluding carboxylic acids is 1. The number of carbonyl (C=O) groups is 1. The van der Waals surface area contributed by atoms with Gasteiger partial charge in [-0.15, -0.1) is 0 Å². The van der Waals surface area contributed by atoms with Crippen LogP contribution >= 0.6 is 0 Å². The molecular weight excluding hydrogens is 238 g/mol. The molecule has 2 aliphatic rings. The summed E-state index contributed by atoms with van der Waals surface area (Å²) in [6.45, 7) is 2.57. The minimum absolute atomic E-state index is 0.0659. The second kappa shape index (κ2) is 6.38. The summed E-state index contributed by atoms with van der Waals surface area (Å²) in [6.07, 6.45) is 7.89. The van der Waals surface area contributed by atoms with E-state index in [4.69, 9.17) is 5.73 Å². The van der Waals surface area contributed by atoms with E-state index in [0.717, 1.165) is 32.1 Å². The van der Waals surface area contributed by atoms with Crippen molar-refractivity contribution in [3.05, 3.63) is 0 Å². The Bertz CT molecular complexity index is 357. The summed E-state index contributed by atoms with van der Waals surface area (Å²) in [7, 11) is 0. The van der Waals surface area contributed by atoms with Crippen molar-refractivity contribution in [3.63, 3.8) is 0 Å². The lowest BCUT2D eigenvalue weighted by Crippen LogP contribution is -2.51. The molecule has 1 amide bonds. The normalized spacial score (nSPS) is 32.4. The molecule has 0 spiro atoms. The summed E-state index contributed by atoms with van der Waals surface area (Å²) >= 11 is 0. The minimum Gasteiger partial charge on any atom is -0.369 e. The monoisotopic (exact) mass is 263 g/mol. The first kappa shape index (κ1) is 14.3. The second-order valence-corrected chi connectivity index (χ2v) is 6.30. The van der Waals surface area contributed by atoms with Gasteiger partial charge in [-0.05, 0) is 38.0 Å². The molecule has 0 aromatic carbocycles. The highest BCUT2D eigenvalue weighted by Crippen LogP contribution is 2.35. The summed E-state index contributed by atoms with van der Waals surface area (Å²) in [5.74, 6) is 0.448. The standard InChI is InChI=1S/C15H25N3O/c1-11-6-7-12(9-16)14(8-11)18(10-15(17)19)13-4-2-3-5-13/h11-14H,2-8,10H2,1H3,(H2,17,19). The molecule has 3 unspecified atom stereocenters. The van der Waals surface area contributed by atoms with Crippen molar-refractivity contribution in [1.29, 1.82) is 5.26 Å². The van der Waals surface area contributed by atoms with Crippen molar-refractivity contribution in [2.24, 2.45) is 17.6 Å². The van der Waals surface area contributed by atoms with Crippen LogP contribution in [0.3, 0.4) is 0 Å². The Morgan fingerprint density at radius 1 is 1.32 bits per heavy atom. The zero-order valence-electron chi connectivity index (χ0n) is 11.8. The average Bonchev–Trinajstić information content (AvgIpc) is 2.89. The predicted molar refractivity (Wildman–Crippen MR) is 74.1 cm³/mol. The number of hydrogen-bond donors (Lipinski definition) is 1. The largest absolute Gasteiger partial charge is 0.369 e. The van der Waals surface area contributed by atoms with Gasteiger partial charge in [-0.1, -0.05) is 19.8 Å². The van der Waals surface area contributed by atoms with Crippen LogP contribution in [0.15, 0.2) is 0 Å². The Morgan fingerprint density at radius 2 is 2.00 bits per heavy atom. The van der Waals surface area contributed by atoms with E-state index >= 15 is 0 Å². The fourth-order valence-corrected chi connectivity index (χ4v) is 3.80. The summed E-state index contributed by atoms with van der Waals surface area (Å²) < 4.78 is 0. The zero-order chi connectivity index (χ0) is 13.8. The fraction of sp³-hybridized carbons (Fsp3) is 0.867. The van der Waals surface area contributed by atoms with Crippen LogP contribution < -0.4 is 5.73 Å². The van der Waals surface area contributed by atoms with Crippen LogP contribution in [0.2, 0.25) is 0 Å². The molecule has 0 radical (unpaired) electrons. The Morgan fingerprint density at radius 3 is 2.58 bits per heavy atom. The van der Waals surface area contributed by atoms with Crippen LogP contribution in [-0.4, -0.2) is 29.4 Å². The van der Waals surface area contributed by atoms with E-state index in [9.17, 15) is 10.1 Å². The van der Waals surface area contributed by atoms with Gasteiger partial charge in [0.25, 0.3) is 0 Å². The van der Waals surface area contributed by atoms with E-state index < -0.39 is 0 Å². The molecule has 2 aliphatic carbocycles. The lowest BCUT2D eigenvalue weighted by molar-refractivity contribution is -0.121. The molecule has 2 rings (SSSR count). The maximum atomic E-state index is 11.4. The first-order chi connectivity index (χ1) is 9.11. The van der Waals surface area contributed by atoms with E-state index in [1.165, 1.54) is 12.8 Å². The Labute approximate surface area is 115 Å². The molecular formula is C15H25N3O. The van der Waals surface area contributed by atoms with Crippen LogP contribution in [0.1, 0.15) is 51.9 Å². The SMILES string of the molecule is CC1CCC(C#N)C(N(CC(N)=O)C2CCCC2)C1. The highest BCUT2D eigenvalue weighted by molar-refractivity contribution is 5.76. The molecule has 0 saturated heterocycles. The molecule has 106 valence electrons. The Hall–Kier alpha value is -1.08. The highest BCUT2D eigenvalue weighted by Gasteiger charge is 2.37. The molecule has 0 heterocycles. The number of amides is 1. The Balaban J connectivity index is 2.14. The highest BCUT2D eigenvalue weighted by atomic mass is 16.1. The van der Waals surface area contributed by atoms with Crippen LogP contribution in [0.4, 0.5) is 0 Å². The topological polar surface area (TPSA) is 70.1 Å². The van der Waals surface area contributed by atoms with Crippen LogP contribution in [0.5, 0.6) is 0 Å². The molecule has 0 aromatic heterocycles. The van der Waals surface area contributed by atoms with Crippen molar-refractivity contribution in [3.8, 4) is 6.07 Å². The lowest BCUT2D eigenvalue weighted by Gasteiger charge is -2.42. The molecule has 0 aliphatic heterocycles. The number of hydrogen-bond acceptors (Lipinski definition) is 3. The van der Waals surface area contributed by atoms with Gasteiger partial charge in [-0.2, -0.15) is 5.26 Å². The summed E-state index contributed by atoms with van der Waals surface area (Å²) in [5.41, 5.74) is 5.43. The molecule has 3 atom stereocenters. The van der Waals surface area contributed by atoms with E-state index in [1.807, 2.05) is 0 Å². The summed E-state index contributed by atoms with van der Waals surface area (Å²) in [6, 6.07) is 3.14. The number of nitriles is 1. The summed E-state index contributed by atoms with van der Waals surface area (Å²) in [4.78, 5) is 13.6. The Kier molecular flexibility index (Phi) is 4.81. The minimum atomic E-state index is -0.262. The van der Waals surface area contributed by atoms with Gasteiger partial charge in [0.1, 0.15) is 0 Å². The van der Waals surface area contributed by atoms with E-state index in [-0.39, 0.29) is 17.9 Å². The smallest absolute Gasteiger partial charge is 0.231 e. The van der Waals surface area contributed by atoms with Crippen LogP contribution in [-0.2, 0) is 4.79 Å². The van der Waals surface area contributed by atoms with Crippen molar-refractivity contribution in [2.45, 2.75) is 64.0 Å². The maximum Gasteiger partial charge on any atom is 0.231 e. The van der Waals surface area contributed by atoms with Crippen LogP contribution in [0.25, 0.3) is 0 Å². The average molecular weight is 263 g/mol. The van der Waals surface area contributed by atoms with Gasteiger partial charge in [0.05, 0.1) is 18.5 Å². The molecule has 19 heavy (non-hydrogen) atoms. The van der Waals surface area contributed by atoms with Gasteiger partial charge < -0.3 is 5.73 Å². The first-order valence-corrected chi connectivity index (χ1v) is 7.55. The third kappa shape index (κ3) is 3.48.